The molecule has 0 saturated carbocycles. The number of anilines is 1. The molecule has 0 atom stereocenters. The lowest BCUT2D eigenvalue weighted by molar-refractivity contribution is 0.0635. The van der Waals surface area contributed by atoms with Gasteiger partial charge < -0.3 is 14.6 Å². The van der Waals surface area contributed by atoms with E-state index in [1.165, 1.54) is 7.11 Å². The van der Waals surface area contributed by atoms with Crippen LogP contribution in [-0.4, -0.2) is 29.9 Å². The van der Waals surface area contributed by atoms with E-state index in [1.54, 1.807) is 39.8 Å². The molecule has 0 bridgehead atoms. The fraction of sp³-hybridized carbons (Fsp3) is 0.429. The van der Waals surface area contributed by atoms with Crippen molar-refractivity contribution < 1.29 is 24.2 Å². The molecule has 0 heterocycles. The summed E-state index contributed by atoms with van der Waals surface area (Å²) in [6.07, 6.45) is -0.733. The number of carboxylic acids is 1. The maximum absolute atomic E-state index is 11.8. The summed E-state index contributed by atoms with van der Waals surface area (Å²) in [5.74, 6) is -0.883. The van der Waals surface area contributed by atoms with Crippen molar-refractivity contribution in [2.75, 3.05) is 12.4 Å². The summed E-state index contributed by atoms with van der Waals surface area (Å²) >= 11 is 0. The monoisotopic (exact) mass is 281 g/mol. The van der Waals surface area contributed by atoms with Crippen molar-refractivity contribution in [3.63, 3.8) is 0 Å². The Morgan fingerprint density at radius 3 is 2.30 bits per heavy atom. The van der Waals surface area contributed by atoms with Crippen molar-refractivity contribution in [2.24, 2.45) is 0 Å². The molecule has 6 heteroatoms. The second kappa shape index (κ2) is 5.81. The highest BCUT2D eigenvalue weighted by Crippen LogP contribution is 2.31. The Labute approximate surface area is 117 Å². The minimum Gasteiger partial charge on any atom is -0.495 e. The largest absolute Gasteiger partial charge is 0.495 e. The van der Waals surface area contributed by atoms with Gasteiger partial charge in [0.2, 0.25) is 0 Å². The number of hydrogen-bond donors (Lipinski definition) is 2. The predicted molar refractivity (Wildman–Crippen MR) is 74.5 cm³/mol. The summed E-state index contributed by atoms with van der Waals surface area (Å²) in [5, 5.41) is 11.7. The maximum Gasteiger partial charge on any atom is 0.412 e. The molecule has 110 valence electrons. The highest BCUT2D eigenvalue weighted by molar-refractivity contribution is 6.02. The number of benzene rings is 1. The zero-order valence-corrected chi connectivity index (χ0v) is 12.2. The number of hydrogen-bond acceptors (Lipinski definition) is 4. The minimum absolute atomic E-state index is 0.0183. The van der Waals surface area contributed by atoms with Crippen molar-refractivity contribution >= 4 is 17.7 Å². The van der Waals surface area contributed by atoms with Crippen LogP contribution < -0.4 is 10.1 Å². The van der Waals surface area contributed by atoms with E-state index in [0.29, 0.717) is 5.56 Å². The number of methoxy groups -OCH3 is 1. The van der Waals surface area contributed by atoms with Gasteiger partial charge in [-0.15, -0.1) is 0 Å². The molecular weight excluding hydrogens is 262 g/mol. The summed E-state index contributed by atoms with van der Waals surface area (Å²) in [7, 11) is 1.40. The van der Waals surface area contributed by atoms with E-state index in [9.17, 15) is 14.7 Å². The van der Waals surface area contributed by atoms with Crippen LogP contribution >= 0.6 is 0 Å². The van der Waals surface area contributed by atoms with Gasteiger partial charge in [-0.1, -0.05) is 6.07 Å². The molecule has 0 fully saturated rings. The predicted octanol–water partition coefficient (Wildman–Crippen LogP) is 3.05. The van der Waals surface area contributed by atoms with Crippen LogP contribution in [0.15, 0.2) is 12.1 Å². The van der Waals surface area contributed by atoms with E-state index in [1.807, 2.05) is 0 Å². The van der Waals surface area contributed by atoms with E-state index in [0.717, 1.165) is 0 Å². The number of rotatable bonds is 3. The Bertz CT molecular complexity index is 531. The second-order valence-corrected chi connectivity index (χ2v) is 5.27. The molecule has 0 aliphatic carbocycles. The topological polar surface area (TPSA) is 84.9 Å². The van der Waals surface area contributed by atoms with Gasteiger partial charge in [-0.25, -0.2) is 9.59 Å². The molecule has 20 heavy (non-hydrogen) atoms. The van der Waals surface area contributed by atoms with Gasteiger partial charge in [-0.2, -0.15) is 0 Å². The molecule has 0 spiro atoms. The maximum atomic E-state index is 11.8. The molecule has 2 N–H and O–H groups in total. The normalized spacial score (nSPS) is 10.8. The SMILES string of the molecule is COc1ccc(C)c(C(=O)O)c1NC(=O)OC(C)(C)C. The van der Waals surface area contributed by atoms with Crippen molar-refractivity contribution in [1.29, 1.82) is 0 Å². The summed E-state index contributed by atoms with van der Waals surface area (Å²) in [5.41, 5.74) is -0.0846. The third-order valence-corrected chi connectivity index (χ3v) is 2.44. The number of aromatic carboxylic acids is 1. The average molecular weight is 281 g/mol. The lowest BCUT2D eigenvalue weighted by Gasteiger charge is -2.21. The number of carbonyl (C=O) groups excluding carboxylic acids is 1. The van der Waals surface area contributed by atoms with Gasteiger partial charge in [0.05, 0.1) is 12.7 Å². The standard InChI is InChI=1S/C14H19NO5/c1-8-6-7-9(19-5)11(10(8)12(16)17)15-13(18)20-14(2,3)4/h6-7H,1-5H3,(H,15,18)(H,16,17). The molecule has 0 aliphatic rings. The van der Waals surface area contributed by atoms with E-state index in [2.05, 4.69) is 5.32 Å². The molecule has 0 unspecified atom stereocenters. The first-order valence-electron chi connectivity index (χ1n) is 6.06. The summed E-state index contributed by atoms with van der Waals surface area (Å²) in [4.78, 5) is 23.1. The van der Waals surface area contributed by atoms with Crippen LogP contribution in [-0.2, 0) is 4.74 Å². The molecule has 1 amide bonds. The average Bonchev–Trinajstić information content (AvgIpc) is 2.26. The van der Waals surface area contributed by atoms with Gasteiger partial charge >= 0.3 is 12.1 Å². The van der Waals surface area contributed by atoms with Gasteiger partial charge in [0.15, 0.2) is 0 Å². The summed E-state index contributed by atoms with van der Waals surface area (Å²) in [6.45, 7) is 6.80. The van der Waals surface area contributed by atoms with Crippen LogP contribution in [0.2, 0.25) is 0 Å². The summed E-state index contributed by atoms with van der Waals surface area (Å²) < 4.78 is 10.2. The zero-order valence-electron chi connectivity index (χ0n) is 12.2. The van der Waals surface area contributed by atoms with E-state index < -0.39 is 17.7 Å². The van der Waals surface area contributed by atoms with Gasteiger partial charge in [0, 0.05) is 0 Å². The van der Waals surface area contributed by atoms with Crippen LogP contribution in [0.1, 0.15) is 36.7 Å². The van der Waals surface area contributed by atoms with Crippen LogP contribution in [0, 0.1) is 6.92 Å². The molecular formula is C14H19NO5. The number of nitrogens with one attached hydrogen (secondary N) is 1. The molecule has 0 aromatic heterocycles. The molecule has 0 aliphatic heterocycles. The molecule has 1 aromatic carbocycles. The van der Waals surface area contributed by atoms with E-state index in [4.69, 9.17) is 9.47 Å². The molecule has 6 nitrogen and oxygen atoms in total. The van der Waals surface area contributed by atoms with Crippen LogP contribution in [0.25, 0.3) is 0 Å². The Morgan fingerprint density at radius 1 is 1.25 bits per heavy atom. The quantitative estimate of drug-likeness (QED) is 0.889. The van der Waals surface area contributed by atoms with E-state index in [-0.39, 0.29) is 17.0 Å². The Balaban J connectivity index is 3.18. The van der Waals surface area contributed by atoms with Crippen molar-refractivity contribution in [1.82, 2.24) is 0 Å². The number of aryl methyl sites for hydroxylation is 1. The van der Waals surface area contributed by atoms with Crippen LogP contribution in [0.4, 0.5) is 10.5 Å². The molecule has 1 aromatic rings. The van der Waals surface area contributed by atoms with Gasteiger partial charge in [0.1, 0.15) is 17.0 Å². The highest BCUT2D eigenvalue weighted by atomic mass is 16.6. The molecule has 1 rings (SSSR count). The Hall–Kier alpha value is -2.24. The van der Waals surface area contributed by atoms with Gasteiger partial charge in [0.25, 0.3) is 0 Å². The van der Waals surface area contributed by atoms with E-state index >= 15 is 0 Å². The van der Waals surface area contributed by atoms with Gasteiger partial charge in [-0.3, -0.25) is 5.32 Å². The second-order valence-electron chi connectivity index (χ2n) is 5.27. The van der Waals surface area contributed by atoms with Gasteiger partial charge in [-0.05, 0) is 39.3 Å². The third kappa shape index (κ3) is 3.88. The zero-order chi connectivity index (χ0) is 15.5. The Morgan fingerprint density at radius 2 is 1.85 bits per heavy atom. The fourth-order valence-electron chi connectivity index (χ4n) is 1.66. The third-order valence-electron chi connectivity index (χ3n) is 2.44. The lowest BCUT2D eigenvalue weighted by atomic mass is 10.1. The van der Waals surface area contributed by atoms with Crippen molar-refractivity contribution in [2.45, 2.75) is 33.3 Å². The Kier molecular flexibility index (Phi) is 4.60. The molecule has 0 radical (unpaired) electrons. The molecule has 0 saturated heterocycles. The van der Waals surface area contributed by atoms with Crippen LogP contribution in [0.3, 0.4) is 0 Å². The minimum atomic E-state index is -1.15. The lowest BCUT2D eigenvalue weighted by Crippen LogP contribution is -2.28. The van der Waals surface area contributed by atoms with Crippen molar-refractivity contribution in [3.8, 4) is 5.75 Å². The highest BCUT2D eigenvalue weighted by Gasteiger charge is 2.22. The number of amides is 1. The van der Waals surface area contributed by atoms with Crippen LogP contribution in [0.5, 0.6) is 5.75 Å². The number of carbonyl (C=O) groups is 2. The first-order chi connectivity index (χ1) is 9.15. The number of ether oxygens (including phenoxy) is 2. The fourth-order valence-corrected chi connectivity index (χ4v) is 1.66. The van der Waals surface area contributed by atoms with Crippen molar-refractivity contribution in [3.05, 3.63) is 23.3 Å². The number of carboxylic acid groups (broad SMARTS) is 1. The first kappa shape index (κ1) is 15.8. The summed E-state index contributed by atoms with van der Waals surface area (Å²) in [6, 6.07) is 3.21. The first-order valence-corrected chi connectivity index (χ1v) is 6.06. The smallest absolute Gasteiger partial charge is 0.412 e.